The predicted octanol–water partition coefficient (Wildman–Crippen LogP) is 0.843. The van der Waals surface area contributed by atoms with Crippen molar-refractivity contribution in [3.63, 3.8) is 0 Å². The number of hydrogen-bond acceptors (Lipinski definition) is 9. The van der Waals surface area contributed by atoms with Crippen molar-refractivity contribution in [2.45, 2.75) is 13.8 Å². The Morgan fingerprint density at radius 1 is 1.39 bits per heavy atom. The zero-order valence-corrected chi connectivity index (χ0v) is 12.5. The summed E-state index contributed by atoms with van der Waals surface area (Å²) in [6.07, 6.45) is 1.33. The van der Waals surface area contributed by atoms with Gasteiger partial charge in [0, 0.05) is 11.6 Å². The minimum absolute atomic E-state index is 0.00767. The van der Waals surface area contributed by atoms with E-state index in [1.807, 2.05) is 0 Å². The molecule has 1 aromatic carbocycles. The summed E-state index contributed by atoms with van der Waals surface area (Å²) < 4.78 is 10.8. The number of ether oxygens (including phenoxy) is 2. The molecule has 0 bridgehead atoms. The zero-order valence-electron chi connectivity index (χ0n) is 12.5. The number of hydrogen-bond donors (Lipinski definition) is 1. The Kier molecular flexibility index (Phi) is 5.02. The summed E-state index contributed by atoms with van der Waals surface area (Å²) in [4.78, 5) is 11.7. The van der Waals surface area contributed by atoms with E-state index in [2.05, 4.69) is 20.6 Å². The summed E-state index contributed by atoms with van der Waals surface area (Å²) in [5.41, 5.74) is 5.68. The Labute approximate surface area is 130 Å². The maximum Gasteiger partial charge on any atom is 0.315 e. The third kappa shape index (κ3) is 3.70. The Morgan fingerprint density at radius 3 is 2.70 bits per heavy atom. The molecule has 2 N–H and O–H groups in total. The average Bonchev–Trinajstić information content (AvgIpc) is 2.92. The van der Waals surface area contributed by atoms with E-state index in [0.717, 1.165) is 4.79 Å². The molecule has 1 aromatic heterocycles. The van der Waals surface area contributed by atoms with Crippen LogP contribution >= 0.6 is 0 Å². The lowest BCUT2D eigenvalue weighted by molar-refractivity contribution is -0.385. The number of nitrogens with zero attached hydrogens (tertiary/aromatic N) is 6. The highest BCUT2D eigenvalue weighted by Crippen LogP contribution is 2.38. The van der Waals surface area contributed by atoms with Gasteiger partial charge < -0.3 is 15.2 Å². The first kappa shape index (κ1) is 16.1. The summed E-state index contributed by atoms with van der Waals surface area (Å²) in [7, 11) is 0. The van der Waals surface area contributed by atoms with Gasteiger partial charge in [0.2, 0.25) is 5.75 Å². The molecule has 11 heteroatoms. The van der Waals surface area contributed by atoms with Crippen molar-refractivity contribution in [2.75, 3.05) is 18.9 Å². The largest absolute Gasteiger partial charge is 0.490 e. The lowest BCUT2D eigenvalue weighted by Crippen LogP contribution is -2.04. The van der Waals surface area contributed by atoms with Crippen LogP contribution in [0.15, 0.2) is 17.2 Å². The number of tetrazole rings is 1. The van der Waals surface area contributed by atoms with E-state index in [0.29, 0.717) is 12.2 Å². The number of nitrogen functional groups attached to an aromatic ring is 1. The Bertz CT molecular complexity index is 728. The summed E-state index contributed by atoms with van der Waals surface area (Å²) in [5, 5.41) is 25.5. The van der Waals surface area contributed by atoms with Gasteiger partial charge in [-0.2, -0.15) is 5.10 Å². The predicted molar refractivity (Wildman–Crippen MR) is 80.7 cm³/mol. The Hall–Kier alpha value is -3.24. The minimum atomic E-state index is -0.545. The first-order valence-electron chi connectivity index (χ1n) is 6.73. The highest BCUT2D eigenvalue weighted by Gasteiger charge is 2.22. The molecule has 2 aromatic rings. The quantitative estimate of drug-likeness (QED) is 0.449. The number of rotatable bonds is 7. The molecule has 0 atom stereocenters. The van der Waals surface area contributed by atoms with Gasteiger partial charge >= 0.3 is 5.69 Å². The van der Waals surface area contributed by atoms with Crippen molar-refractivity contribution in [1.29, 1.82) is 0 Å². The summed E-state index contributed by atoms with van der Waals surface area (Å²) >= 11 is 0. The van der Waals surface area contributed by atoms with Gasteiger partial charge in [-0.05, 0) is 30.3 Å². The van der Waals surface area contributed by atoms with E-state index < -0.39 is 4.92 Å². The molecule has 0 fully saturated rings. The summed E-state index contributed by atoms with van der Waals surface area (Å²) in [6.45, 7) is 4.10. The molecule has 0 aliphatic rings. The topological polar surface area (TPSA) is 144 Å². The molecule has 2 rings (SSSR count). The van der Waals surface area contributed by atoms with Gasteiger partial charge in [0.1, 0.15) is 0 Å². The summed E-state index contributed by atoms with van der Waals surface area (Å²) in [6, 6.07) is 2.89. The second-order valence-electron chi connectivity index (χ2n) is 4.16. The fourth-order valence-electron chi connectivity index (χ4n) is 1.76. The third-order valence-electron chi connectivity index (χ3n) is 2.64. The van der Waals surface area contributed by atoms with Gasteiger partial charge in [-0.15, -0.1) is 0 Å². The van der Waals surface area contributed by atoms with Gasteiger partial charge in [-0.1, -0.05) is 9.89 Å². The number of nitrogens with two attached hydrogens (primary N) is 1. The smallest absolute Gasteiger partial charge is 0.315 e. The van der Waals surface area contributed by atoms with E-state index >= 15 is 0 Å². The van der Waals surface area contributed by atoms with Crippen LogP contribution in [-0.2, 0) is 0 Å². The Balaban J connectivity index is 2.46. The van der Waals surface area contributed by atoms with Crippen molar-refractivity contribution in [1.82, 2.24) is 20.3 Å². The third-order valence-corrected chi connectivity index (χ3v) is 2.64. The van der Waals surface area contributed by atoms with Crippen LogP contribution in [0.1, 0.15) is 19.4 Å². The van der Waals surface area contributed by atoms with Crippen molar-refractivity contribution in [3.8, 4) is 11.5 Å². The van der Waals surface area contributed by atoms with Crippen LogP contribution in [0.4, 0.5) is 11.6 Å². The second-order valence-corrected chi connectivity index (χ2v) is 4.16. The fourth-order valence-corrected chi connectivity index (χ4v) is 1.76. The van der Waals surface area contributed by atoms with Crippen LogP contribution in [0, 0.1) is 10.1 Å². The standard InChI is InChI=1S/C12H15N7O4/c1-3-22-10-6-8(7-14-18-12(13)15-16-17-18)5-9(19(20)21)11(10)23-4-2/h5-7H,3-4H2,1-2H3,(H2,13,15,17)/b14-7-. The number of aromatic nitrogens is 4. The van der Waals surface area contributed by atoms with E-state index in [4.69, 9.17) is 15.2 Å². The fraction of sp³-hybridized carbons (Fsp3) is 0.333. The van der Waals surface area contributed by atoms with Crippen LogP contribution in [0.25, 0.3) is 0 Å². The van der Waals surface area contributed by atoms with Crippen molar-refractivity contribution in [2.24, 2.45) is 5.10 Å². The highest BCUT2D eigenvalue weighted by atomic mass is 16.6. The first-order chi connectivity index (χ1) is 11.1. The maximum atomic E-state index is 11.3. The molecule has 0 saturated heterocycles. The molecule has 23 heavy (non-hydrogen) atoms. The van der Waals surface area contributed by atoms with Gasteiger partial charge in [0.25, 0.3) is 5.95 Å². The van der Waals surface area contributed by atoms with E-state index in [1.54, 1.807) is 19.9 Å². The van der Waals surface area contributed by atoms with Crippen molar-refractivity contribution in [3.05, 3.63) is 27.8 Å². The highest BCUT2D eigenvalue weighted by molar-refractivity contribution is 5.83. The number of nitro benzene ring substituents is 1. The van der Waals surface area contributed by atoms with Gasteiger partial charge in [-0.3, -0.25) is 10.1 Å². The molecular formula is C12H15N7O4. The minimum Gasteiger partial charge on any atom is -0.490 e. The van der Waals surface area contributed by atoms with Gasteiger partial charge in [0.15, 0.2) is 5.75 Å². The maximum absolute atomic E-state index is 11.3. The molecule has 11 nitrogen and oxygen atoms in total. The number of benzene rings is 1. The van der Waals surface area contributed by atoms with Crippen LogP contribution in [-0.4, -0.2) is 44.7 Å². The van der Waals surface area contributed by atoms with E-state index in [9.17, 15) is 10.1 Å². The second kappa shape index (κ2) is 7.15. The van der Waals surface area contributed by atoms with Crippen LogP contribution in [0.3, 0.4) is 0 Å². The molecule has 0 spiro atoms. The number of anilines is 1. The molecule has 1 heterocycles. The molecule has 0 unspecified atom stereocenters. The van der Waals surface area contributed by atoms with Crippen LogP contribution in [0.5, 0.6) is 11.5 Å². The normalized spacial score (nSPS) is 10.9. The molecule has 0 aliphatic carbocycles. The molecule has 0 saturated carbocycles. The van der Waals surface area contributed by atoms with Crippen molar-refractivity contribution >= 4 is 17.9 Å². The SMILES string of the molecule is CCOc1cc(/C=N\n2nnnc2N)cc([N+](=O)[O-])c1OCC. The lowest BCUT2D eigenvalue weighted by atomic mass is 10.2. The molecule has 0 amide bonds. The van der Waals surface area contributed by atoms with E-state index in [-0.39, 0.29) is 29.7 Å². The van der Waals surface area contributed by atoms with Crippen LogP contribution < -0.4 is 15.2 Å². The van der Waals surface area contributed by atoms with Gasteiger partial charge in [0.05, 0.1) is 24.4 Å². The van der Waals surface area contributed by atoms with Crippen LogP contribution in [0.2, 0.25) is 0 Å². The monoisotopic (exact) mass is 321 g/mol. The molecule has 0 aliphatic heterocycles. The van der Waals surface area contributed by atoms with Gasteiger partial charge in [-0.25, -0.2) is 0 Å². The summed E-state index contributed by atoms with van der Waals surface area (Å²) in [5.74, 6) is 0.333. The Morgan fingerprint density at radius 2 is 2.13 bits per heavy atom. The molecule has 0 radical (unpaired) electrons. The lowest BCUT2D eigenvalue weighted by Gasteiger charge is -2.11. The number of nitro groups is 1. The van der Waals surface area contributed by atoms with Crippen molar-refractivity contribution < 1.29 is 14.4 Å². The average molecular weight is 321 g/mol. The molecule has 122 valence electrons. The molecular weight excluding hydrogens is 306 g/mol. The van der Waals surface area contributed by atoms with E-state index in [1.165, 1.54) is 12.3 Å². The zero-order chi connectivity index (χ0) is 16.8. The first-order valence-corrected chi connectivity index (χ1v) is 6.73.